The van der Waals surface area contributed by atoms with E-state index in [0.717, 1.165) is 34.6 Å². The van der Waals surface area contributed by atoms with E-state index in [0.29, 0.717) is 10.7 Å². The Balaban J connectivity index is 1.78. The summed E-state index contributed by atoms with van der Waals surface area (Å²) < 4.78 is 11.2. The van der Waals surface area contributed by atoms with Gasteiger partial charge in [-0.05, 0) is 49.8 Å². The van der Waals surface area contributed by atoms with Crippen molar-refractivity contribution in [3.05, 3.63) is 58.1 Å². The van der Waals surface area contributed by atoms with Gasteiger partial charge < -0.3 is 14.8 Å². The first-order valence-electron chi connectivity index (χ1n) is 8.09. The van der Waals surface area contributed by atoms with Gasteiger partial charge in [-0.3, -0.25) is 4.79 Å². The molecule has 1 atom stereocenters. The molecular weight excluding hydrogens is 338 g/mol. The average Bonchev–Trinajstić information content (AvgIpc) is 2.95. The minimum Gasteiger partial charge on any atom is -0.496 e. The Morgan fingerprint density at radius 1 is 1.40 bits per heavy atom. The Labute approximate surface area is 152 Å². The molecule has 0 bridgehead atoms. The Kier molecular flexibility index (Phi) is 5.00. The molecule has 0 radical (unpaired) electrons. The van der Waals surface area contributed by atoms with Crippen LogP contribution in [0.25, 0.3) is 6.08 Å². The van der Waals surface area contributed by atoms with Crippen LogP contribution in [-0.4, -0.2) is 19.1 Å². The zero-order chi connectivity index (χ0) is 18.0. The molecule has 0 aromatic heterocycles. The van der Waals surface area contributed by atoms with Crippen LogP contribution in [-0.2, 0) is 11.2 Å². The summed E-state index contributed by atoms with van der Waals surface area (Å²) >= 11 is 6.08. The lowest BCUT2D eigenvalue weighted by Gasteiger charge is -2.09. The van der Waals surface area contributed by atoms with E-state index in [2.05, 4.69) is 5.32 Å². The van der Waals surface area contributed by atoms with E-state index in [1.165, 1.54) is 6.08 Å². The maximum Gasteiger partial charge on any atom is 0.248 e. The lowest BCUT2D eigenvalue weighted by molar-refractivity contribution is -0.111. The molecule has 3 rings (SSSR count). The van der Waals surface area contributed by atoms with Gasteiger partial charge >= 0.3 is 0 Å². The minimum atomic E-state index is -0.234. The molecule has 2 aromatic carbocycles. The van der Waals surface area contributed by atoms with Crippen LogP contribution >= 0.6 is 11.6 Å². The number of fused-ring (bicyclic) bond motifs is 1. The van der Waals surface area contributed by atoms with Crippen LogP contribution in [0, 0.1) is 6.92 Å². The van der Waals surface area contributed by atoms with Gasteiger partial charge in [-0.2, -0.15) is 0 Å². The quantitative estimate of drug-likeness (QED) is 0.811. The second kappa shape index (κ2) is 7.19. The maximum absolute atomic E-state index is 12.2. The summed E-state index contributed by atoms with van der Waals surface area (Å²) in [5.41, 5.74) is 3.46. The molecule has 25 heavy (non-hydrogen) atoms. The number of anilines is 1. The van der Waals surface area contributed by atoms with Crippen molar-refractivity contribution in [2.45, 2.75) is 26.4 Å². The molecule has 1 aliphatic rings. The van der Waals surface area contributed by atoms with Crippen LogP contribution in [0.1, 0.15) is 23.6 Å². The topological polar surface area (TPSA) is 47.6 Å². The van der Waals surface area contributed by atoms with E-state index in [1.807, 2.05) is 32.0 Å². The van der Waals surface area contributed by atoms with Crippen molar-refractivity contribution in [1.29, 1.82) is 0 Å². The number of ether oxygens (including phenoxy) is 2. The molecule has 4 nitrogen and oxygen atoms in total. The fraction of sp³-hybridized carbons (Fsp3) is 0.250. The zero-order valence-electron chi connectivity index (χ0n) is 14.4. The smallest absolute Gasteiger partial charge is 0.248 e. The monoisotopic (exact) mass is 357 g/mol. The van der Waals surface area contributed by atoms with Gasteiger partial charge in [0.25, 0.3) is 0 Å². The van der Waals surface area contributed by atoms with Crippen molar-refractivity contribution in [3.8, 4) is 11.5 Å². The first kappa shape index (κ1) is 17.4. The van der Waals surface area contributed by atoms with Crippen LogP contribution in [0.4, 0.5) is 5.69 Å². The molecule has 0 saturated carbocycles. The summed E-state index contributed by atoms with van der Waals surface area (Å²) in [4.78, 5) is 12.2. The number of halogens is 1. The van der Waals surface area contributed by atoms with E-state index in [4.69, 9.17) is 21.1 Å². The molecule has 1 heterocycles. The van der Waals surface area contributed by atoms with Gasteiger partial charge in [-0.1, -0.05) is 17.7 Å². The van der Waals surface area contributed by atoms with Crippen LogP contribution in [0.2, 0.25) is 5.02 Å². The number of benzene rings is 2. The highest BCUT2D eigenvalue weighted by Gasteiger charge is 2.21. The third-order valence-electron chi connectivity index (χ3n) is 4.19. The molecule has 1 unspecified atom stereocenters. The van der Waals surface area contributed by atoms with E-state index >= 15 is 0 Å². The molecule has 130 valence electrons. The number of rotatable bonds is 4. The number of hydrogen-bond donors (Lipinski definition) is 1. The predicted molar refractivity (Wildman–Crippen MR) is 101 cm³/mol. The molecule has 2 aromatic rings. The van der Waals surface area contributed by atoms with Gasteiger partial charge in [-0.15, -0.1) is 0 Å². The van der Waals surface area contributed by atoms with E-state index in [9.17, 15) is 4.79 Å². The molecule has 0 fully saturated rings. The Morgan fingerprint density at radius 3 is 2.96 bits per heavy atom. The number of hydrogen-bond acceptors (Lipinski definition) is 3. The second-order valence-electron chi connectivity index (χ2n) is 6.07. The normalized spacial score (nSPS) is 15.8. The number of amides is 1. The highest BCUT2D eigenvalue weighted by atomic mass is 35.5. The van der Waals surface area contributed by atoms with Gasteiger partial charge in [0.1, 0.15) is 17.6 Å². The van der Waals surface area contributed by atoms with Gasteiger partial charge in [-0.25, -0.2) is 0 Å². The molecule has 1 N–H and O–H groups in total. The Morgan fingerprint density at radius 2 is 2.20 bits per heavy atom. The Bertz CT molecular complexity index is 845. The highest BCUT2D eigenvalue weighted by molar-refractivity contribution is 6.31. The van der Waals surface area contributed by atoms with E-state index in [-0.39, 0.29) is 12.0 Å². The van der Waals surface area contributed by atoms with Gasteiger partial charge in [0, 0.05) is 34.3 Å². The van der Waals surface area contributed by atoms with Crippen molar-refractivity contribution in [3.63, 3.8) is 0 Å². The van der Waals surface area contributed by atoms with Crippen molar-refractivity contribution in [1.82, 2.24) is 0 Å². The van der Waals surface area contributed by atoms with Crippen LogP contribution in [0.5, 0.6) is 11.5 Å². The van der Waals surface area contributed by atoms with E-state index < -0.39 is 0 Å². The molecule has 0 spiro atoms. The lowest BCUT2D eigenvalue weighted by Crippen LogP contribution is -2.09. The van der Waals surface area contributed by atoms with Crippen LogP contribution in [0.15, 0.2) is 36.4 Å². The first-order valence-corrected chi connectivity index (χ1v) is 8.47. The predicted octanol–water partition coefficient (Wildman–Crippen LogP) is 4.63. The summed E-state index contributed by atoms with van der Waals surface area (Å²) in [6, 6.07) is 9.29. The molecule has 1 amide bonds. The van der Waals surface area contributed by atoms with Gasteiger partial charge in [0.2, 0.25) is 5.91 Å². The number of methoxy groups -OCH3 is 1. The summed E-state index contributed by atoms with van der Waals surface area (Å²) in [6.45, 7) is 3.90. The number of nitrogens with one attached hydrogen (secondary N) is 1. The average molecular weight is 358 g/mol. The van der Waals surface area contributed by atoms with E-state index in [1.54, 1.807) is 25.3 Å². The van der Waals surface area contributed by atoms with Crippen LogP contribution in [0.3, 0.4) is 0 Å². The maximum atomic E-state index is 12.2. The van der Waals surface area contributed by atoms with Gasteiger partial charge in [0.05, 0.1) is 7.11 Å². The zero-order valence-corrected chi connectivity index (χ0v) is 15.2. The SMILES string of the molecule is COc1cc2c(cc1C=CC(=O)Nc1cccc(Cl)c1C)OC(C)C2. The van der Waals surface area contributed by atoms with Crippen molar-refractivity contribution in [2.75, 3.05) is 12.4 Å². The largest absolute Gasteiger partial charge is 0.496 e. The Hall–Kier alpha value is -2.46. The summed E-state index contributed by atoms with van der Waals surface area (Å²) in [5.74, 6) is 1.33. The third-order valence-corrected chi connectivity index (χ3v) is 4.60. The fourth-order valence-corrected chi connectivity index (χ4v) is 3.02. The fourth-order valence-electron chi connectivity index (χ4n) is 2.84. The number of carbonyl (C=O) groups is 1. The number of carbonyl (C=O) groups excluding carboxylic acids is 1. The van der Waals surface area contributed by atoms with Crippen LogP contribution < -0.4 is 14.8 Å². The second-order valence-corrected chi connectivity index (χ2v) is 6.48. The van der Waals surface area contributed by atoms with Crippen molar-refractivity contribution >= 4 is 29.3 Å². The standard InChI is InChI=1S/C20H20ClNO3/c1-12-9-15-11-18(24-3)14(10-19(15)25-12)7-8-20(23)22-17-6-4-5-16(21)13(17)2/h4-8,10-12H,9H2,1-3H3,(H,22,23). The van der Waals surface area contributed by atoms with Crippen molar-refractivity contribution < 1.29 is 14.3 Å². The minimum absolute atomic E-state index is 0.160. The summed E-state index contributed by atoms with van der Waals surface area (Å²) in [7, 11) is 1.62. The summed E-state index contributed by atoms with van der Waals surface area (Å²) in [6.07, 6.45) is 4.22. The van der Waals surface area contributed by atoms with Crippen molar-refractivity contribution in [2.24, 2.45) is 0 Å². The highest BCUT2D eigenvalue weighted by Crippen LogP contribution is 2.35. The first-order chi connectivity index (χ1) is 12.0. The molecule has 0 aliphatic carbocycles. The lowest BCUT2D eigenvalue weighted by atomic mass is 10.1. The molecule has 0 saturated heterocycles. The molecule has 1 aliphatic heterocycles. The van der Waals surface area contributed by atoms with Gasteiger partial charge in [0.15, 0.2) is 0 Å². The third kappa shape index (κ3) is 3.80. The molecule has 5 heteroatoms. The molecular formula is C20H20ClNO3. The summed E-state index contributed by atoms with van der Waals surface area (Å²) in [5, 5.41) is 3.45.